The van der Waals surface area contributed by atoms with Crippen LogP contribution < -0.4 is 5.32 Å². The summed E-state index contributed by atoms with van der Waals surface area (Å²) in [6, 6.07) is 4.10. The van der Waals surface area contributed by atoms with Crippen LogP contribution in [0.4, 0.5) is 8.78 Å². The van der Waals surface area contributed by atoms with Crippen LogP contribution in [0.5, 0.6) is 0 Å². The molecule has 0 aliphatic heterocycles. The van der Waals surface area contributed by atoms with Crippen molar-refractivity contribution in [3.8, 4) is 11.3 Å². The van der Waals surface area contributed by atoms with Crippen molar-refractivity contribution in [1.29, 1.82) is 0 Å². The van der Waals surface area contributed by atoms with E-state index in [9.17, 15) is 8.78 Å². The number of halogens is 2. The first kappa shape index (κ1) is 14.6. The van der Waals surface area contributed by atoms with Gasteiger partial charge in [0.25, 0.3) is 0 Å². The maximum atomic E-state index is 13.9. The first-order valence-corrected chi connectivity index (χ1v) is 6.30. The summed E-state index contributed by atoms with van der Waals surface area (Å²) in [5.74, 6) is -1.74. The zero-order valence-electron chi connectivity index (χ0n) is 11.5. The highest BCUT2D eigenvalue weighted by Crippen LogP contribution is 2.26. The van der Waals surface area contributed by atoms with Crippen LogP contribution in [0, 0.1) is 11.6 Å². The van der Waals surface area contributed by atoms with Crippen LogP contribution >= 0.6 is 0 Å². The van der Waals surface area contributed by atoms with Crippen molar-refractivity contribution in [2.75, 3.05) is 20.3 Å². The maximum Gasteiger partial charge on any atom is 0.168 e. The van der Waals surface area contributed by atoms with Crippen LogP contribution in [0.3, 0.4) is 0 Å². The molecule has 1 heterocycles. The average molecular weight is 281 g/mol. The molecule has 108 valence electrons. The number of benzene rings is 1. The van der Waals surface area contributed by atoms with E-state index in [2.05, 4.69) is 10.4 Å². The van der Waals surface area contributed by atoms with Gasteiger partial charge in [-0.3, -0.25) is 4.68 Å². The van der Waals surface area contributed by atoms with Gasteiger partial charge in [-0.25, -0.2) is 8.78 Å². The van der Waals surface area contributed by atoms with Crippen LogP contribution in [0.1, 0.15) is 5.56 Å². The van der Waals surface area contributed by atoms with Gasteiger partial charge in [0.15, 0.2) is 11.6 Å². The number of nitrogens with one attached hydrogen (secondary N) is 1. The Morgan fingerprint density at radius 3 is 2.90 bits per heavy atom. The number of rotatable bonds is 6. The molecule has 0 fully saturated rings. The van der Waals surface area contributed by atoms with Crippen molar-refractivity contribution in [3.63, 3.8) is 0 Å². The molecule has 0 atom stereocenters. The maximum absolute atomic E-state index is 13.9. The highest BCUT2D eigenvalue weighted by Gasteiger charge is 2.16. The predicted octanol–water partition coefficient (Wildman–Crippen LogP) is 2.10. The highest BCUT2D eigenvalue weighted by atomic mass is 19.2. The molecule has 0 spiro atoms. The first-order valence-electron chi connectivity index (χ1n) is 6.30. The number of aromatic nitrogens is 2. The molecule has 20 heavy (non-hydrogen) atoms. The van der Waals surface area contributed by atoms with Crippen LogP contribution in [-0.4, -0.2) is 30.0 Å². The Kier molecular flexibility index (Phi) is 4.81. The van der Waals surface area contributed by atoms with Crippen LogP contribution in [0.15, 0.2) is 24.4 Å². The van der Waals surface area contributed by atoms with Gasteiger partial charge in [-0.15, -0.1) is 0 Å². The SMILES string of the molecule is COCCNCc1cn(C)nc1-c1cccc(F)c1F. The average Bonchev–Trinajstić information content (AvgIpc) is 2.79. The predicted molar refractivity (Wildman–Crippen MR) is 72.1 cm³/mol. The molecular weight excluding hydrogens is 264 g/mol. The number of aryl methyl sites for hydroxylation is 1. The topological polar surface area (TPSA) is 39.1 Å². The van der Waals surface area contributed by atoms with E-state index >= 15 is 0 Å². The lowest BCUT2D eigenvalue weighted by Gasteiger charge is -2.06. The van der Waals surface area contributed by atoms with E-state index in [1.807, 2.05) is 0 Å². The molecule has 0 bridgehead atoms. The molecule has 4 nitrogen and oxygen atoms in total. The summed E-state index contributed by atoms with van der Waals surface area (Å²) in [6.45, 7) is 1.78. The van der Waals surface area contributed by atoms with E-state index in [0.717, 1.165) is 11.6 Å². The lowest BCUT2D eigenvalue weighted by Crippen LogP contribution is -2.18. The Labute approximate surface area is 116 Å². The third kappa shape index (κ3) is 3.20. The second-order valence-electron chi connectivity index (χ2n) is 4.45. The standard InChI is InChI=1S/C14H17F2N3O/c1-19-9-10(8-17-6-7-20-2)14(18-19)11-4-3-5-12(15)13(11)16/h3-5,9,17H,6-8H2,1-2H3. The van der Waals surface area contributed by atoms with Crippen LogP contribution in [-0.2, 0) is 18.3 Å². The minimum absolute atomic E-state index is 0.175. The van der Waals surface area contributed by atoms with E-state index < -0.39 is 11.6 Å². The van der Waals surface area contributed by atoms with E-state index in [-0.39, 0.29) is 5.56 Å². The molecule has 1 N–H and O–H groups in total. The van der Waals surface area contributed by atoms with E-state index in [0.29, 0.717) is 25.4 Å². The molecule has 0 unspecified atom stereocenters. The van der Waals surface area contributed by atoms with Crippen molar-refractivity contribution in [2.45, 2.75) is 6.54 Å². The Balaban J connectivity index is 2.25. The van der Waals surface area contributed by atoms with Gasteiger partial charge >= 0.3 is 0 Å². The van der Waals surface area contributed by atoms with E-state index in [4.69, 9.17) is 4.74 Å². The summed E-state index contributed by atoms with van der Waals surface area (Å²) in [4.78, 5) is 0. The molecule has 0 aliphatic carbocycles. The largest absolute Gasteiger partial charge is 0.383 e. The second-order valence-corrected chi connectivity index (χ2v) is 4.45. The fraction of sp³-hybridized carbons (Fsp3) is 0.357. The Bertz CT molecular complexity index is 584. The molecule has 1 aromatic heterocycles. The fourth-order valence-corrected chi connectivity index (χ4v) is 1.98. The molecule has 1 aromatic carbocycles. The molecule has 0 saturated carbocycles. The Hall–Kier alpha value is -1.79. The summed E-state index contributed by atoms with van der Waals surface area (Å²) < 4.78 is 33.7. The summed E-state index contributed by atoms with van der Waals surface area (Å²) in [6.07, 6.45) is 1.79. The normalized spacial score (nSPS) is 11.0. The van der Waals surface area contributed by atoms with Gasteiger partial charge in [0.2, 0.25) is 0 Å². The first-order chi connectivity index (χ1) is 9.63. The minimum Gasteiger partial charge on any atom is -0.383 e. The lowest BCUT2D eigenvalue weighted by atomic mass is 10.1. The lowest BCUT2D eigenvalue weighted by molar-refractivity contribution is 0.199. The second kappa shape index (κ2) is 6.58. The smallest absolute Gasteiger partial charge is 0.168 e. The third-order valence-corrected chi connectivity index (χ3v) is 2.91. The minimum atomic E-state index is -0.871. The van der Waals surface area contributed by atoms with Gasteiger partial charge in [0.1, 0.15) is 0 Å². The summed E-state index contributed by atoms with van der Waals surface area (Å²) >= 11 is 0. The molecule has 0 amide bonds. The quantitative estimate of drug-likeness (QED) is 0.824. The van der Waals surface area contributed by atoms with Gasteiger partial charge in [-0.1, -0.05) is 6.07 Å². The molecule has 2 rings (SSSR count). The molecule has 0 radical (unpaired) electrons. The van der Waals surface area contributed by atoms with Crippen LogP contribution in [0.25, 0.3) is 11.3 Å². The summed E-state index contributed by atoms with van der Waals surface area (Å²) in [7, 11) is 3.37. The Morgan fingerprint density at radius 1 is 1.35 bits per heavy atom. The number of hydrogen-bond acceptors (Lipinski definition) is 3. The van der Waals surface area contributed by atoms with Crippen molar-refractivity contribution in [3.05, 3.63) is 41.6 Å². The van der Waals surface area contributed by atoms with E-state index in [1.54, 1.807) is 25.0 Å². The highest BCUT2D eigenvalue weighted by molar-refractivity contribution is 5.63. The van der Waals surface area contributed by atoms with Crippen molar-refractivity contribution < 1.29 is 13.5 Å². The zero-order chi connectivity index (χ0) is 14.5. The van der Waals surface area contributed by atoms with Crippen molar-refractivity contribution in [1.82, 2.24) is 15.1 Å². The van der Waals surface area contributed by atoms with Crippen molar-refractivity contribution >= 4 is 0 Å². The van der Waals surface area contributed by atoms with Gasteiger partial charge in [-0.05, 0) is 12.1 Å². The molecule has 0 saturated heterocycles. The summed E-state index contributed by atoms with van der Waals surface area (Å²) in [5.41, 5.74) is 1.44. The van der Waals surface area contributed by atoms with Gasteiger partial charge in [-0.2, -0.15) is 5.10 Å². The monoisotopic (exact) mass is 281 g/mol. The fourth-order valence-electron chi connectivity index (χ4n) is 1.98. The number of ether oxygens (including phenoxy) is 1. The molecule has 6 heteroatoms. The zero-order valence-corrected chi connectivity index (χ0v) is 11.5. The van der Waals surface area contributed by atoms with Gasteiger partial charge < -0.3 is 10.1 Å². The molecule has 2 aromatic rings. The number of nitrogens with zero attached hydrogens (tertiary/aromatic N) is 2. The third-order valence-electron chi connectivity index (χ3n) is 2.91. The number of methoxy groups -OCH3 is 1. The Morgan fingerprint density at radius 2 is 2.15 bits per heavy atom. The number of hydrogen-bond donors (Lipinski definition) is 1. The molecule has 0 aliphatic rings. The summed E-state index contributed by atoms with van der Waals surface area (Å²) in [5, 5.41) is 7.39. The molecular formula is C14H17F2N3O. The van der Waals surface area contributed by atoms with E-state index in [1.165, 1.54) is 12.1 Å². The van der Waals surface area contributed by atoms with Crippen LogP contribution in [0.2, 0.25) is 0 Å². The van der Waals surface area contributed by atoms with Crippen molar-refractivity contribution in [2.24, 2.45) is 7.05 Å². The van der Waals surface area contributed by atoms with Gasteiger partial charge in [0, 0.05) is 44.6 Å². The van der Waals surface area contributed by atoms with Gasteiger partial charge in [0.05, 0.1) is 12.3 Å².